The molecule has 2 rings (SSSR count). The highest BCUT2D eigenvalue weighted by Gasteiger charge is 2.35. The zero-order valence-electron chi connectivity index (χ0n) is 11.3. The van der Waals surface area contributed by atoms with Crippen LogP contribution in [-0.2, 0) is 12.6 Å². The molecule has 0 fully saturated rings. The highest BCUT2D eigenvalue weighted by Crippen LogP contribution is 2.42. The molecule has 0 amide bonds. The molecular formula is C13H15ClF3N3. The smallest absolute Gasteiger partial charge is 0.396 e. The molecular weight excluding hydrogens is 291 g/mol. The number of aryl methyl sites for hydroxylation is 1. The van der Waals surface area contributed by atoms with E-state index in [4.69, 9.17) is 17.3 Å². The maximum Gasteiger partial charge on any atom is 0.418 e. The van der Waals surface area contributed by atoms with Gasteiger partial charge in [-0.05, 0) is 19.9 Å². The summed E-state index contributed by atoms with van der Waals surface area (Å²) in [6, 6.07) is 0.997. The summed E-state index contributed by atoms with van der Waals surface area (Å²) in [6.45, 7) is 5.74. The van der Waals surface area contributed by atoms with Crippen molar-refractivity contribution in [3.63, 3.8) is 0 Å². The van der Waals surface area contributed by atoms with Gasteiger partial charge in [0.05, 0.1) is 27.3 Å². The number of hydrogen-bond donors (Lipinski definition) is 1. The fourth-order valence-corrected chi connectivity index (χ4v) is 2.58. The lowest BCUT2D eigenvalue weighted by Gasteiger charge is -2.15. The molecule has 0 radical (unpaired) electrons. The number of anilines is 1. The van der Waals surface area contributed by atoms with Gasteiger partial charge in [-0.1, -0.05) is 18.5 Å². The van der Waals surface area contributed by atoms with Gasteiger partial charge in [0.2, 0.25) is 0 Å². The Kier molecular flexibility index (Phi) is 3.62. The van der Waals surface area contributed by atoms with Gasteiger partial charge in [0, 0.05) is 12.5 Å². The number of imidazole rings is 1. The summed E-state index contributed by atoms with van der Waals surface area (Å²) in [5.41, 5.74) is 5.51. The highest BCUT2D eigenvalue weighted by molar-refractivity contribution is 6.35. The maximum atomic E-state index is 12.9. The van der Waals surface area contributed by atoms with Crippen LogP contribution in [0, 0.1) is 0 Å². The lowest BCUT2D eigenvalue weighted by Crippen LogP contribution is -2.10. The molecule has 0 spiro atoms. The summed E-state index contributed by atoms with van der Waals surface area (Å²) in [5, 5.41) is -0.463. The van der Waals surface area contributed by atoms with E-state index in [1.807, 2.05) is 25.3 Å². The van der Waals surface area contributed by atoms with Gasteiger partial charge in [-0.3, -0.25) is 0 Å². The zero-order chi connectivity index (χ0) is 15.2. The van der Waals surface area contributed by atoms with Gasteiger partial charge in [0.1, 0.15) is 5.82 Å². The van der Waals surface area contributed by atoms with E-state index < -0.39 is 16.8 Å². The first-order valence-electron chi connectivity index (χ1n) is 6.24. The second kappa shape index (κ2) is 4.84. The van der Waals surface area contributed by atoms with E-state index >= 15 is 0 Å². The van der Waals surface area contributed by atoms with Crippen LogP contribution in [0.5, 0.6) is 0 Å². The Labute approximate surface area is 119 Å². The number of nitrogens with zero attached hydrogens (tertiary/aromatic N) is 2. The van der Waals surface area contributed by atoms with Crippen LogP contribution >= 0.6 is 11.6 Å². The summed E-state index contributed by atoms with van der Waals surface area (Å²) in [7, 11) is 0. The van der Waals surface area contributed by atoms with Crippen LogP contribution in [0.4, 0.5) is 18.9 Å². The van der Waals surface area contributed by atoms with Crippen molar-refractivity contribution in [2.24, 2.45) is 0 Å². The molecule has 0 bridgehead atoms. The van der Waals surface area contributed by atoms with Crippen molar-refractivity contribution in [3.8, 4) is 0 Å². The quantitative estimate of drug-likeness (QED) is 0.834. The van der Waals surface area contributed by atoms with Crippen molar-refractivity contribution in [3.05, 3.63) is 22.5 Å². The number of rotatable bonds is 2. The fourth-order valence-electron chi connectivity index (χ4n) is 2.33. The Morgan fingerprint density at radius 2 is 2.00 bits per heavy atom. The molecule has 2 aromatic rings. The maximum absolute atomic E-state index is 12.9. The summed E-state index contributed by atoms with van der Waals surface area (Å²) in [4.78, 5) is 4.25. The van der Waals surface area contributed by atoms with Gasteiger partial charge in [0.15, 0.2) is 0 Å². The standard InChI is InChI=1S/C13H15ClF3N3/c1-4-9-19-8-5-7(13(15,16)17)10(14)11(18)12(8)20(9)6(2)3/h5-6H,4,18H2,1-3H3. The minimum atomic E-state index is -4.55. The van der Waals surface area contributed by atoms with Gasteiger partial charge in [0.25, 0.3) is 0 Å². The number of fused-ring (bicyclic) bond motifs is 1. The van der Waals surface area contributed by atoms with Gasteiger partial charge in [-0.25, -0.2) is 4.98 Å². The van der Waals surface area contributed by atoms with E-state index in [2.05, 4.69) is 4.98 Å². The molecule has 0 aliphatic carbocycles. The van der Waals surface area contributed by atoms with Crippen LogP contribution in [0.25, 0.3) is 11.0 Å². The number of benzene rings is 1. The SMILES string of the molecule is CCc1nc2cc(C(F)(F)F)c(Cl)c(N)c2n1C(C)C. The number of aromatic nitrogens is 2. The van der Waals surface area contributed by atoms with Crippen LogP contribution in [0.2, 0.25) is 5.02 Å². The van der Waals surface area contributed by atoms with Crippen molar-refractivity contribution in [1.82, 2.24) is 9.55 Å². The number of halogens is 4. The van der Waals surface area contributed by atoms with Crippen molar-refractivity contribution in [2.45, 2.75) is 39.4 Å². The normalized spacial score (nSPS) is 12.6. The Balaban J connectivity index is 2.89. The molecule has 0 aliphatic rings. The molecule has 0 atom stereocenters. The van der Waals surface area contributed by atoms with Gasteiger partial charge < -0.3 is 10.3 Å². The van der Waals surface area contributed by atoms with E-state index in [-0.39, 0.29) is 17.2 Å². The number of alkyl halides is 3. The topological polar surface area (TPSA) is 43.8 Å². The average molecular weight is 306 g/mol. The molecule has 1 heterocycles. The molecule has 0 unspecified atom stereocenters. The fraction of sp³-hybridized carbons (Fsp3) is 0.462. The molecule has 7 heteroatoms. The summed E-state index contributed by atoms with van der Waals surface area (Å²) < 4.78 is 40.6. The first-order chi connectivity index (χ1) is 9.18. The van der Waals surface area contributed by atoms with E-state index in [1.54, 1.807) is 0 Å². The van der Waals surface area contributed by atoms with Crippen LogP contribution < -0.4 is 5.73 Å². The minimum absolute atomic E-state index is 0.0325. The van der Waals surface area contributed by atoms with Gasteiger partial charge >= 0.3 is 6.18 Å². The molecule has 0 saturated heterocycles. The van der Waals surface area contributed by atoms with Crippen molar-refractivity contribution < 1.29 is 13.2 Å². The van der Waals surface area contributed by atoms with Gasteiger partial charge in [-0.15, -0.1) is 0 Å². The first kappa shape index (κ1) is 15.0. The Morgan fingerprint density at radius 1 is 1.40 bits per heavy atom. The van der Waals surface area contributed by atoms with Crippen LogP contribution in [0.1, 0.15) is 38.2 Å². The molecule has 0 aliphatic heterocycles. The largest absolute Gasteiger partial charge is 0.418 e. The van der Waals surface area contributed by atoms with Crippen molar-refractivity contribution in [2.75, 3.05) is 5.73 Å². The predicted molar refractivity (Wildman–Crippen MR) is 73.9 cm³/mol. The molecule has 1 aromatic heterocycles. The molecule has 1 aromatic carbocycles. The number of nitrogens with two attached hydrogens (primary N) is 1. The van der Waals surface area contributed by atoms with E-state index in [0.717, 1.165) is 6.07 Å². The third-order valence-corrected chi connectivity index (χ3v) is 3.57. The second-order valence-corrected chi connectivity index (χ2v) is 5.24. The molecule has 2 N–H and O–H groups in total. The van der Waals surface area contributed by atoms with Crippen LogP contribution in [0.3, 0.4) is 0 Å². The second-order valence-electron chi connectivity index (χ2n) is 4.86. The first-order valence-corrected chi connectivity index (χ1v) is 6.62. The Hall–Kier alpha value is -1.43. The van der Waals surface area contributed by atoms with Crippen LogP contribution in [-0.4, -0.2) is 9.55 Å². The summed E-state index contributed by atoms with van der Waals surface area (Å²) in [5.74, 6) is 0.692. The van der Waals surface area contributed by atoms with E-state index in [0.29, 0.717) is 17.8 Å². The van der Waals surface area contributed by atoms with Gasteiger partial charge in [-0.2, -0.15) is 13.2 Å². The summed E-state index contributed by atoms with van der Waals surface area (Å²) >= 11 is 5.80. The van der Waals surface area contributed by atoms with E-state index in [9.17, 15) is 13.2 Å². The van der Waals surface area contributed by atoms with Crippen molar-refractivity contribution in [1.29, 1.82) is 0 Å². The highest BCUT2D eigenvalue weighted by atomic mass is 35.5. The summed E-state index contributed by atoms with van der Waals surface area (Å²) in [6.07, 6.45) is -3.95. The average Bonchev–Trinajstić information content (AvgIpc) is 2.71. The number of nitrogen functional groups attached to an aromatic ring is 1. The minimum Gasteiger partial charge on any atom is -0.396 e. The number of hydrogen-bond acceptors (Lipinski definition) is 2. The van der Waals surface area contributed by atoms with E-state index in [1.165, 1.54) is 0 Å². The predicted octanol–water partition coefficient (Wildman–Crippen LogP) is 4.43. The molecule has 20 heavy (non-hydrogen) atoms. The monoisotopic (exact) mass is 305 g/mol. The zero-order valence-corrected chi connectivity index (χ0v) is 12.1. The third kappa shape index (κ3) is 2.22. The molecule has 110 valence electrons. The Morgan fingerprint density at radius 3 is 2.45 bits per heavy atom. The molecule has 0 saturated carbocycles. The Bertz CT molecular complexity index is 659. The van der Waals surface area contributed by atoms with Crippen molar-refractivity contribution >= 4 is 28.3 Å². The lowest BCUT2D eigenvalue weighted by atomic mass is 10.1. The lowest BCUT2D eigenvalue weighted by molar-refractivity contribution is -0.137. The third-order valence-electron chi connectivity index (χ3n) is 3.16. The molecule has 3 nitrogen and oxygen atoms in total. The van der Waals surface area contributed by atoms with Crippen LogP contribution in [0.15, 0.2) is 6.07 Å².